The lowest BCUT2D eigenvalue weighted by Gasteiger charge is -2.37. The number of rotatable bonds is 9. The van der Waals surface area contributed by atoms with Crippen LogP contribution in [0.3, 0.4) is 0 Å². The Bertz CT molecular complexity index is 1070. The van der Waals surface area contributed by atoms with Crippen molar-refractivity contribution in [3.63, 3.8) is 0 Å². The van der Waals surface area contributed by atoms with E-state index in [4.69, 9.17) is 4.42 Å². The standard InChI is InChI=1S/C28H37N5O/c1-19(2)26-14-23(20(3)13-24(26)18-30-17-21-7-6-12-29-16-21)15-27-31-32-28(34-27)22-8-10-25(11-9-22)33(4)5/h6-13,16,19,23-24,26,30H,14-15,17-18H2,1-5H3. The van der Waals surface area contributed by atoms with Crippen molar-refractivity contribution in [3.8, 4) is 11.5 Å². The average Bonchev–Trinajstić information content (AvgIpc) is 3.30. The van der Waals surface area contributed by atoms with Crippen molar-refractivity contribution in [3.05, 3.63) is 71.9 Å². The van der Waals surface area contributed by atoms with Gasteiger partial charge in [0.1, 0.15) is 0 Å². The molecule has 0 spiro atoms. The third-order valence-corrected chi connectivity index (χ3v) is 7.03. The van der Waals surface area contributed by atoms with Crippen LogP contribution in [0, 0.1) is 23.7 Å². The summed E-state index contributed by atoms with van der Waals surface area (Å²) in [7, 11) is 4.07. The van der Waals surface area contributed by atoms with E-state index >= 15 is 0 Å². The summed E-state index contributed by atoms with van der Waals surface area (Å²) >= 11 is 0. The highest BCUT2D eigenvalue weighted by Gasteiger charge is 2.32. The first-order valence-corrected chi connectivity index (χ1v) is 12.3. The van der Waals surface area contributed by atoms with Crippen LogP contribution in [-0.4, -0.2) is 35.8 Å². The van der Waals surface area contributed by atoms with Gasteiger partial charge in [0.05, 0.1) is 0 Å². The SMILES string of the molecule is CC1=CC(CNCc2cccnc2)C(C(C)C)CC1Cc1nnc(-c2ccc(N(C)C)cc2)o1. The molecular weight excluding hydrogens is 422 g/mol. The first kappa shape index (κ1) is 24.1. The molecule has 3 aromatic rings. The molecule has 1 aliphatic rings. The first-order valence-electron chi connectivity index (χ1n) is 12.3. The lowest BCUT2D eigenvalue weighted by atomic mass is 9.70. The van der Waals surface area contributed by atoms with Crippen molar-refractivity contribution in [2.45, 2.75) is 40.2 Å². The van der Waals surface area contributed by atoms with Crippen molar-refractivity contribution in [2.24, 2.45) is 23.7 Å². The monoisotopic (exact) mass is 459 g/mol. The Balaban J connectivity index is 1.40. The Morgan fingerprint density at radius 3 is 2.59 bits per heavy atom. The van der Waals surface area contributed by atoms with Crippen LogP contribution in [0.1, 0.15) is 38.6 Å². The molecule has 1 aromatic carbocycles. The highest BCUT2D eigenvalue weighted by Crippen LogP contribution is 2.39. The topological polar surface area (TPSA) is 67.1 Å². The smallest absolute Gasteiger partial charge is 0.247 e. The van der Waals surface area contributed by atoms with Crippen molar-refractivity contribution in [1.29, 1.82) is 0 Å². The van der Waals surface area contributed by atoms with Gasteiger partial charge < -0.3 is 14.6 Å². The van der Waals surface area contributed by atoms with Crippen molar-refractivity contribution in [1.82, 2.24) is 20.5 Å². The summed E-state index contributed by atoms with van der Waals surface area (Å²) in [5.74, 6) is 3.52. The van der Waals surface area contributed by atoms with E-state index in [-0.39, 0.29) is 0 Å². The quantitative estimate of drug-likeness (QED) is 0.433. The van der Waals surface area contributed by atoms with Crippen LogP contribution in [0.5, 0.6) is 0 Å². The lowest BCUT2D eigenvalue weighted by molar-refractivity contribution is 0.218. The van der Waals surface area contributed by atoms with Crippen LogP contribution in [-0.2, 0) is 13.0 Å². The molecule has 0 aliphatic heterocycles. The summed E-state index contributed by atoms with van der Waals surface area (Å²) < 4.78 is 6.08. The number of anilines is 1. The molecule has 3 atom stereocenters. The van der Waals surface area contributed by atoms with Crippen molar-refractivity contribution < 1.29 is 4.42 Å². The van der Waals surface area contributed by atoms with E-state index in [1.807, 2.05) is 44.7 Å². The van der Waals surface area contributed by atoms with E-state index in [0.29, 0.717) is 29.6 Å². The van der Waals surface area contributed by atoms with Gasteiger partial charge >= 0.3 is 0 Å². The molecule has 6 nitrogen and oxygen atoms in total. The number of benzene rings is 1. The highest BCUT2D eigenvalue weighted by atomic mass is 16.4. The number of pyridine rings is 1. The van der Waals surface area contributed by atoms with Gasteiger partial charge in [0.25, 0.3) is 0 Å². The van der Waals surface area contributed by atoms with Gasteiger partial charge in [-0.1, -0.05) is 31.6 Å². The number of hydrogen-bond donors (Lipinski definition) is 1. The molecule has 34 heavy (non-hydrogen) atoms. The summed E-state index contributed by atoms with van der Waals surface area (Å²) in [5, 5.41) is 12.3. The van der Waals surface area contributed by atoms with Crippen LogP contribution < -0.4 is 10.2 Å². The van der Waals surface area contributed by atoms with E-state index in [0.717, 1.165) is 43.1 Å². The maximum Gasteiger partial charge on any atom is 0.247 e. The number of allylic oxidation sites excluding steroid dienone is 1. The van der Waals surface area contributed by atoms with Crippen LogP contribution in [0.15, 0.2) is 64.9 Å². The summed E-state index contributed by atoms with van der Waals surface area (Å²) in [6.07, 6.45) is 8.17. The summed E-state index contributed by atoms with van der Waals surface area (Å²) in [4.78, 5) is 6.29. The zero-order valence-electron chi connectivity index (χ0n) is 21.0. The van der Waals surface area contributed by atoms with Gasteiger partial charge in [-0.3, -0.25) is 4.98 Å². The van der Waals surface area contributed by atoms with Crippen LogP contribution >= 0.6 is 0 Å². The van der Waals surface area contributed by atoms with Crippen molar-refractivity contribution in [2.75, 3.05) is 25.5 Å². The minimum atomic E-state index is 0.436. The molecule has 6 heteroatoms. The largest absolute Gasteiger partial charge is 0.421 e. The number of nitrogens with zero attached hydrogens (tertiary/aromatic N) is 4. The molecule has 180 valence electrons. The fraction of sp³-hybridized carbons (Fsp3) is 0.464. The number of hydrogen-bond acceptors (Lipinski definition) is 6. The molecule has 1 N–H and O–H groups in total. The Hall–Kier alpha value is -2.99. The van der Waals surface area contributed by atoms with Gasteiger partial charge in [0.2, 0.25) is 11.8 Å². The maximum absolute atomic E-state index is 6.08. The Kier molecular flexibility index (Phi) is 7.78. The van der Waals surface area contributed by atoms with Gasteiger partial charge in [0, 0.05) is 57.3 Å². The molecule has 2 heterocycles. The predicted molar refractivity (Wildman–Crippen MR) is 137 cm³/mol. The van der Waals surface area contributed by atoms with Gasteiger partial charge in [-0.25, -0.2) is 0 Å². The van der Waals surface area contributed by atoms with Crippen LogP contribution in [0.25, 0.3) is 11.5 Å². The van der Waals surface area contributed by atoms with E-state index in [2.05, 4.69) is 70.4 Å². The average molecular weight is 460 g/mol. The second-order valence-electron chi connectivity index (χ2n) is 10.1. The molecule has 0 saturated carbocycles. The third-order valence-electron chi connectivity index (χ3n) is 7.03. The predicted octanol–water partition coefficient (Wildman–Crippen LogP) is 5.38. The number of aromatic nitrogens is 3. The van der Waals surface area contributed by atoms with Crippen LogP contribution in [0.2, 0.25) is 0 Å². The lowest BCUT2D eigenvalue weighted by Crippen LogP contribution is -2.34. The fourth-order valence-electron chi connectivity index (χ4n) is 4.96. The Morgan fingerprint density at radius 1 is 1.12 bits per heavy atom. The molecule has 2 aromatic heterocycles. The third kappa shape index (κ3) is 5.92. The number of nitrogens with one attached hydrogen (secondary N) is 1. The molecular formula is C28H37N5O. The van der Waals surface area contributed by atoms with E-state index < -0.39 is 0 Å². The van der Waals surface area contributed by atoms with Crippen LogP contribution in [0.4, 0.5) is 5.69 Å². The fourth-order valence-corrected chi connectivity index (χ4v) is 4.96. The molecule has 3 unspecified atom stereocenters. The summed E-state index contributed by atoms with van der Waals surface area (Å²) in [6.45, 7) is 8.77. The van der Waals surface area contributed by atoms with Gasteiger partial charge in [0.15, 0.2) is 0 Å². The molecule has 0 fully saturated rings. The second kappa shape index (κ2) is 11.0. The molecule has 0 saturated heterocycles. The summed E-state index contributed by atoms with van der Waals surface area (Å²) in [6, 6.07) is 12.3. The zero-order valence-corrected chi connectivity index (χ0v) is 21.0. The molecule has 1 aliphatic carbocycles. The van der Waals surface area contributed by atoms with Crippen molar-refractivity contribution >= 4 is 5.69 Å². The minimum absolute atomic E-state index is 0.436. The Labute approximate surface area is 203 Å². The second-order valence-corrected chi connectivity index (χ2v) is 10.1. The minimum Gasteiger partial charge on any atom is -0.421 e. The van der Waals surface area contributed by atoms with Gasteiger partial charge in [-0.05, 0) is 72.9 Å². The maximum atomic E-state index is 6.08. The summed E-state index contributed by atoms with van der Waals surface area (Å²) in [5.41, 5.74) is 4.76. The van der Waals surface area contributed by atoms with E-state index in [1.54, 1.807) is 0 Å². The van der Waals surface area contributed by atoms with E-state index in [9.17, 15) is 0 Å². The molecule has 0 radical (unpaired) electrons. The highest BCUT2D eigenvalue weighted by molar-refractivity contribution is 5.58. The molecule has 0 bridgehead atoms. The zero-order chi connectivity index (χ0) is 24.1. The normalized spacial score (nSPS) is 20.4. The molecule has 4 rings (SSSR count). The Morgan fingerprint density at radius 2 is 1.91 bits per heavy atom. The molecule has 0 amide bonds. The van der Waals surface area contributed by atoms with Gasteiger partial charge in [-0.15, -0.1) is 10.2 Å². The van der Waals surface area contributed by atoms with E-state index in [1.165, 1.54) is 11.1 Å². The first-order chi connectivity index (χ1) is 16.4. The van der Waals surface area contributed by atoms with Gasteiger partial charge in [-0.2, -0.15) is 0 Å².